The zero-order valence-electron chi connectivity index (χ0n) is 11.3. The summed E-state index contributed by atoms with van der Waals surface area (Å²) in [6.45, 7) is 1.67. The minimum Gasteiger partial charge on any atom is -0.454 e. The van der Waals surface area contributed by atoms with E-state index >= 15 is 0 Å². The molecule has 0 fully saturated rings. The Labute approximate surface area is 126 Å². The summed E-state index contributed by atoms with van der Waals surface area (Å²) in [6.07, 6.45) is 0.932. The van der Waals surface area contributed by atoms with E-state index in [2.05, 4.69) is 16.8 Å². The first-order valence-corrected chi connectivity index (χ1v) is 7.68. The van der Waals surface area contributed by atoms with Crippen LogP contribution in [0.4, 0.5) is 10.5 Å². The van der Waals surface area contributed by atoms with Crippen LogP contribution in [0.25, 0.3) is 0 Å². The van der Waals surface area contributed by atoms with Crippen LogP contribution < -0.4 is 14.8 Å². The lowest BCUT2D eigenvalue weighted by Gasteiger charge is -2.27. The fourth-order valence-corrected chi connectivity index (χ4v) is 3.49. The number of amides is 2. The highest BCUT2D eigenvalue weighted by Gasteiger charge is 2.22. The molecule has 2 aliphatic rings. The second-order valence-electron chi connectivity index (χ2n) is 5.04. The van der Waals surface area contributed by atoms with Gasteiger partial charge in [-0.25, -0.2) is 4.79 Å². The molecule has 1 N–H and O–H groups in total. The van der Waals surface area contributed by atoms with Crippen molar-refractivity contribution in [2.24, 2.45) is 0 Å². The van der Waals surface area contributed by atoms with Crippen LogP contribution in [-0.2, 0) is 13.0 Å². The van der Waals surface area contributed by atoms with Crippen molar-refractivity contribution in [1.82, 2.24) is 4.90 Å². The predicted octanol–water partition coefficient (Wildman–Crippen LogP) is 3.07. The number of carbonyl (C=O) groups is 1. The van der Waals surface area contributed by atoms with Crippen LogP contribution in [0.1, 0.15) is 10.4 Å². The smallest absolute Gasteiger partial charge is 0.322 e. The third kappa shape index (κ3) is 2.31. The van der Waals surface area contributed by atoms with E-state index in [0.29, 0.717) is 18.0 Å². The molecule has 0 bridgehead atoms. The lowest BCUT2D eigenvalue weighted by molar-refractivity contribution is 0.174. The quantitative estimate of drug-likeness (QED) is 0.881. The van der Waals surface area contributed by atoms with Gasteiger partial charge in [-0.15, -0.1) is 11.3 Å². The molecule has 3 heterocycles. The van der Waals surface area contributed by atoms with Crippen molar-refractivity contribution < 1.29 is 14.3 Å². The first kappa shape index (κ1) is 12.5. The monoisotopic (exact) mass is 302 g/mol. The topological polar surface area (TPSA) is 50.8 Å². The maximum Gasteiger partial charge on any atom is 0.322 e. The molecule has 2 aromatic rings. The zero-order chi connectivity index (χ0) is 14.2. The molecular weight excluding hydrogens is 288 g/mol. The summed E-state index contributed by atoms with van der Waals surface area (Å²) in [6, 6.07) is 7.45. The summed E-state index contributed by atoms with van der Waals surface area (Å²) in [5, 5.41) is 5.01. The van der Waals surface area contributed by atoms with Crippen LogP contribution in [-0.4, -0.2) is 24.3 Å². The molecule has 1 aromatic carbocycles. The molecule has 2 amide bonds. The standard InChI is InChI=1S/C15H14N2O3S/c18-15(17-5-3-14-10(8-17)4-6-21-14)16-11-1-2-12-13(7-11)20-9-19-12/h1-2,4,6-7H,3,5,8-9H2,(H,16,18). The van der Waals surface area contributed by atoms with Gasteiger partial charge in [0.1, 0.15) is 0 Å². The number of benzene rings is 1. The number of ether oxygens (including phenoxy) is 2. The van der Waals surface area contributed by atoms with E-state index in [-0.39, 0.29) is 12.8 Å². The van der Waals surface area contributed by atoms with Gasteiger partial charge in [0.25, 0.3) is 0 Å². The molecule has 0 spiro atoms. The Bertz CT molecular complexity index is 698. The lowest BCUT2D eigenvalue weighted by atomic mass is 10.1. The van der Waals surface area contributed by atoms with Gasteiger partial charge in [-0.1, -0.05) is 0 Å². The average molecular weight is 302 g/mol. The molecule has 4 rings (SSSR count). The summed E-state index contributed by atoms with van der Waals surface area (Å²) in [7, 11) is 0. The summed E-state index contributed by atoms with van der Waals surface area (Å²) in [5.74, 6) is 1.39. The number of nitrogens with one attached hydrogen (secondary N) is 1. The lowest BCUT2D eigenvalue weighted by Crippen LogP contribution is -2.38. The van der Waals surface area contributed by atoms with Crippen LogP contribution in [0.2, 0.25) is 0 Å². The Morgan fingerprint density at radius 1 is 1.24 bits per heavy atom. The van der Waals surface area contributed by atoms with Gasteiger partial charge in [0.05, 0.1) is 0 Å². The number of rotatable bonds is 1. The molecule has 0 atom stereocenters. The highest BCUT2D eigenvalue weighted by molar-refractivity contribution is 7.10. The second-order valence-corrected chi connectivity index (χ2v) is 6.04. The number of nitrogens with zero attached hydrogens (tertiary/aromatic N) is 1. The number of hydrogen-bond acceptors (Lipinski definition) is 4. The summed E-state index contributed by atoms with van der Waals surface area (Å²) in [4.78, 5) is 15.6. The summed E-state index contributed by atoms with van der Waals surface area (Å²) in [5.41, 5.74) is 1.98. The minimum atomic E-state index is -0.0780. The molecule has 1 aromatic heterocycles. The van der Waals surface area contributed by atoms with Crippen LogP contribution in [0.5, 0.6) is 11.5 Å². The molecule has 6 heteroatoms. The van der Waals surface area contributed by atoms with Crippen molar-refractivity contribution in [1.29, 1.82) is 0 Å². The van der Waals surface area contributed by atoms with Gasteiger partial charge in [0, 0.05) is 29.7 Å². The van der Waals surface area contributed by atoms with Crippen molar-refractivity contribution in [3.8, 4) is 11.5 Å². The van der Waals surface area contributed by atoms with Gasteiger partial charge in [0.2, 0.25) is 6.79 Å². The minimum absolute atomic E-state index is 0.0780. The normalized spacial score (nSPS) is 15.7. The number of urea groups is 1. The first-order valence-electron chi connectivity index (χ1n) is 6.80. The van der Waals surface area contributed by atoms with E-state index in [1.165, 1.54) is 10.4 Å². The highest BCUT2D eigenvalue weighted by atomic mass is 32.1. The number of hydrogen-bond donors (Lipinski definition) is 1. The van der Waals surface area contributed by atoms with E-state index < -0.39 is 0 Å². The van der Waals surface area contributed by atoms with E-state index in [1.807, 2.05) is 17.0 Å². The number of thiophene rings is 1. The van der Waals surface area contributed by atoms with E-state index in [1.54, 1.807) is 17.4 Å². The Morgan fingerprint density at radius 2 is 2.14 bits per heavy atom. The van der Waals surface area contributed by atoms with Gasteiger partial charge in [-0.3, -0.25) is 0 Å². The van der Waals surface area contributed by atoms with E-state index in [0.717, 1.165) is 18.7 Å². The molecule has 0 unspecified atom stereocenters. The van der Waals surface area contributed by atoms with Crippen molar-refractivity contribution in [3.05, 3.63) is 40.1 Å². The SMILES string of the molecule is O=C(Nc1ccc2c(c1)OCO2)N1CCc2sccc2C1. The van der Waals surface area contributed by atoms with Crippen molar-refractivity contribution in [2.45, 2.75) is 13.0 Å². The molecule has 0 radical (unpaired) electrons. The molecule has 0 saturated heterocycles. The Morgan fingerprint density at radius 3 is 3.10 bits per heavy atom. The van der Waals surface area contributed by atoms with Gasteiger partial charge in [-0.05, 0) is 35.6 Å². The third-order valence-electron chi connectivity index (χ3n) is 3.72. The van der Waals surface area contributed by atoms with Gasteiger partial charge in [0.15, 0.2) is 11.5 Å². The van der Waals surface area contributed by atoms with Crippen LogP contribution in [0, 0.1) is 0 Å². The largest absolute Gasteiger partial charge is 0.454 e. The summed E-state index contributed by atoms with van der Waals surface area (Å²) < 4.78 is 10.6. The number of anilines is 1. The third-order valence-corrected chi connectivity index (χ3v) is 4.74. The number of fused-ring (bicyclic) bond motifs is 2. The van der Waals surface area contributed by atoms with Gasteiger partial charge < -0.3 is 19.7 Å². The predicted molar refractivity (Wildman–Crippen MR) is 80.0 cm³/mol. The van der Waals surface area contributed by atoms with Crippen LogP contribution >= 0.6 is 11.3 Å². The van der Waals surface area contributed by atoms with E-state index in [4.69, 9.17) is 9.47 Å². The number of carbonyl (C=O) groups excluding carboxylic acids is 1. The molecule has 2 aliphatic heterocycles. The Balaban J connectivity index is 1.47. The Kier molecular flexibility index (Phi) is 2.96. The molecular formula is C15H14N2O3S. The van der Waals surface area contributed by atoms with Crippen molar-refractivity contribution >= 4 is 23.1 Å². The molecule has 0 saturated carbocycles. The zero-order valence-corrected chi connectivity index (χ0v) is 12.1. The Hall–Kier alpha value is -2.21. The fraction of sp³-hybridized carbons (Fsp3) is 0.267. The first-order chi connectivity index (χ1) is 10.3. The van der Waals surface area contributed by atoms with E-state index in [9.17, 15) is 4.79 Å². The maximum atomic E-state index is 12.3. The van der Waals surface area contributed by atoms with Crippen molar-refractivity contribution in [3.63, 3.8) is 0 Å². The average Bonchev–Trinajstić information content (AvgIpc) is 3.14. The second kappa shape index (κ2) is 4.96. The van der Waals surface area contributed by atoms with Crippen LogP contribution in [0.15, 0.2) is 29.6 Å². The molecule has 108 valence electrons. The summed E-state index contributed by atoms with van der Waals surface area (Å²) >= 11 is 1.77. The molecule has 0 aliphatic carbocycles. The highest BCUT2D eigenvalue weighted by Crippen LogP contribution is 2.34. The van der Waals surface area contributed by atoms with Gasteiger partial charge in [-0.2, -0.15) is 0 Å². The van der Waals surface area contributed by atoms with Gasteiger partial charge >= 0.3 is 6.03 Å². The molecule has 21 heavy (non-hydrogen) atoms. The fourth-order valence-electron chi connectivity index (χ4n) is 2.60. The maximum absolute atomic E-state index is 12.3. The van der Waals surface area contributed by atoms with Crippen molar-refractivity contribution in [2.75, 3.05) is 18.7 Å². The van der Waals surface area contributed by atoms with Crippen LogP contribution in [0.3, 0.4) is 0 Å². The molecule has 5 nitrogen and oxygen atoms in total.